The fraction of sp³-hybridized carbons (Fsp3) is 0.780. The minimum atomic E-state index is -1.49. The molecule has 0 bridgehead atoms. The highest BCUT2D eigenvalue weighted by Gasteiger charge is 2.65. The van der Waals surface area contributed by atoms with Crippen LogP contribution >= 0.6 is 0 Å². The molecule has 4 N–H and O–H groups in total. The van der Waals surface area contributed by atoms with Gasteiger partial charge in [-0.3, -0.25) is 4.90 Å². The molecule has 0 aromatic heterocycles. The number of carbonyl (C=O) groups is 2. The lowest BCUT2D eigenvalue weighted by molar-refractivity contribution is -0.256. The lowest BCUT2D eigenvalue weighted by Gasteiger charge is -2.59. The van der Waals surface area contributed by atoms with Crippen molar-refractivity contribution in [3.8, 4) is 11.5 Å². The highest BCUT2D eigenvalue weighted by molar-refractivity contribution is 6.03. The number of aliphatic hydroxyl groups excluding tert-OH is 3. The molecule has 1 fully saturated rings. The number of amides is 2. The van der Waals surface area contributed by atoms with E-state index in [4.69, 9.17) is 33.7 Å². The summed E-state index contributed by atoms with van der Waals surface area (Å²) in [6.45, 7) is 12.0. The van der Waals surface area contributed by atoms with E-state index in [-0.39, 0.29) is 77.0 Å². The fourth-order valence-electron chi connectivity index (χ4n) is 11.3. The predicted octanol–water partition coefficient (Wildman–Crippen LogP) is 12.7. The molecule has 6 unspecified atom stereocenters. The number of fused-ring (bicyclic) bond motifs is 2. The standard InChI is InChI=1S/C59H99N3O11/c1-5-9-11-13-15-17-19-21-23-27-35-60-57(66)72-48-33-34-53-51(45-48)55-49(32-26-29-38-64)47(31-25-28-37-63)44-50-52(61-71-8-4)46-54(59(73-53,56(50)55)70-40-7-3)62(36-42-68-43-39-65)58(67)69-41-30-24-22-20-18-16-14-12-10-6-2/h7,33-34,44-45,47,49,54-56,63-65H,3,5-6,8-32,35-43,46H2,1-2,4H3,(H,60,66). The van der Waals surface area contributed by atoms with Crippen molar-refractivity contribution in [1.82, 2.24) is 10.2 Å². The lowest BCUT2D eigenvalue weighted by atomic mass is 9.55. The van der Waals surface area contributed by atoms with Crippen LogP contribution in [0.2, 0.25) is 0 Å². The number of oxime groups is 1. The topological polar surface area (TPSA) is 178 Å². The number of carbonyl (C=O) groups excluding carboxylic acids is 2. The normalized spacial score (nSPS) is 21.4. The van der Waals surface area contributed by atoms with E-state index in [2.05, 4.69) is 31.8 Å². The van der Waals surface area contributed by atoms with Crippen molar-refractivity contribution in [2.45, 2.75) is 212 Å². The van der Waals surface area contributed by atoms with Crippen molar-refractivity contribution in [3.63, 3.8) is 0 Å². The molecule has 3 aliphatic rings. The number of ether oxygens (including phenoxy) is 5. The smallest absolute Gasteiger partial charge is 0.412 e. The summed E-state index contributed by atoms with van der Waals surface area (Å²) in [6.07, 6.45) is 31.3. The Morgan fingerprint density at radius 1 is 0.781 bits per heavy atom. The second-order valence-electron chi connectivity index (χ2n) is 20.5. The van der Waals surface area contributed by atoms with Gasteiger partial charge in [0.2, 0.25) is 5.79 Å². The van der Waals surface area contributed by atoms with Crippen LogP contribution < -0.4 is 14.8 Å². The van der Waals surface area contributed by atoms with Crippen molar-refractivity contribution >= 4 is 17.9 Å². The van der Waals surface area contributed by atoms with E-state index in [1.54, 1.807) is 17.0 Å². The van der Waals surface area contributed by atoms with Gasteiger partial charge in [-0.05, 0) is 81.1 Å². The zero-order chi connectivity index (χ0) is 52.4. The van der Waals surface area contributed by atoms with E-state index in [0.29, 0.717) is 43.2 Å². The monoisotopic (exact) mass is 1030 g/mol. The molecule has 2 aliphatic carbocycles. The van der Waals surface area contributed by atoms with Crippen molar-refractivity contribution in [3.05, 3.63) is 48.1 Å². The first-order valence-electron chi connectivity index (χ1n) is 29.1. The molecule has 1 heterocycles. The van der Waals surface area contributed by atoms with E-state index in [0.717, 1.165) is 75.3 Å². The molecule has 4 rings (SSSR count). The molecular weight excluding hydrogens is 927 g/mol. The first-order valence-corrected chi connectivity index (χ1v) is 29.1. The molecule has 14 heteroatoms. The summed E-state index contributed by atoms with van der Waals surface area (Å²) in [4.78, 5) is 35.7. The van der Waals surface area contributed by atoms with Crippen molar-refractivity contribution in [2.75, 3.05) is 65.9 Å². The molecule has 1 aliphatic heterocycles. The average molecular weight is 1030 g/mol. The molecular formula is C59H99N3O11. The molecule has 416 valence electrons. The predicted molar refractivity (Wildman–Crippen MR) is 290 cm³/mol. The molecule has 1 saturated carbocycles. The third kappa shape index (κ3) is 20.4. The van der Waals surface area contributed by atoms with Gasteiger partial charge in [0.15, 0.2) is 0 Å². The number of allylic oxidation sites excluding steroid dienone is 1. The summed E-state index contributed by atoms with van der Waals surface area (Å²) >= 11 is 0. The minimum Gasteiger partial charge on any atom is -0.459 e. The maximum Gasteiger partial charge on any atom is 0.412 e. The number of hydrogen-bond acceptors (Lipinski definition) is 12. The number of benzene rings is 1. The van der Waals surface area contributed by atoms with Crippen molar-refractivity contribution in [2.24, 2.45) is 22.9 Å². The Balaban J connectivity index is 1.71. The average Bonchev–Trinajstić information content (AvgIpc) is 3.39. The Morgan fingerprint density at radius 3 is 2.03 bits per heavy atom. The van der Waals surface area contributed by atoms with Gasteiger partial charge in [-0.25, -0.2) is 9.59 Å². The molecule has 0 saturated heterocycles. The van der Waals surface area contributed by atoms with Gasteiger partial charge >= 0.3 is 12.2 Å². The summed E-state index contributed by atoms with van der Waals surface area (Å²) in [5, 5.41) is 37.4. The van der Waals surface area contributed by atoms with Crippen LogP contribution in [-0.4, -0.2) is 116 Å². The van der Waals surface area contributed by atoms with E-state index in [1.807, 2.05) is 19.1 Å². The first-order chi connectivity index (χ1) is 35.8. The highest BCUT2D eigenvalue weighted by Crippen LogP contribution is 2.62. The number of aliphatic hydroxyl groups is 3. The second-order valence-corrected chi connectivity index (χ2v) is 20.5. The molecule has 6 atom stereocenters. The maximum atomic E-state index is 14.7. The SMILES string of the molecule is C=CCOC12Oc3ccc(OC(=O)NCCCCCCCCCCCC)cc3C3C(CCCCO)C(CCCCO)C=C(C(=NOCC)CC1N(CCOCCO)C(=O)OCCCCCCCCCCCC)C32. The lowest BCUT2D eigenvalue weighted by Crippen LogP contribution is -2.70. The van der Waals surface area contributed by atoms with Crippen LogP contribution in [0.3, 0.4) is 0 Å². The van der Waals surface area contributed by atoms with Crippen LogP contribution in [0.25, 0.3) is 0 Å². The summed E-state index contributed by atoms with van der Waals surface area (Å²) in [7, 11) is 0. The molecule has 73 heavy (non-hydrogen) atoms. The van der Waals surface area contributed by atoms with E-state index in [1.165, 1.54) is 89.9 Å². The minimum absolute atomic E-state index is 0.00881. The summed E-state index contributed by atoms with van der Waals surface area (Å²) in [5.74, 6) is -1.36. The third-order valence-corrected chi connectivity index (χ3v) is 15.0. The molecule has 1 aromatic carbocycles. The van der Waals surface area contributed by atoms with E-state index in [9.17, 15) is 24.9 Å². The molecule has 14 nitrogen and oxygen atoms in total. The Morgan fingerprint density at radius 2 is 1.41 bits per heavy atom. The summed E-state index contributed by atoms with van der Waals surface area (Å²) in [6, 6.07) is 4.73. The maximum absolute atomic E-state index is 14.7. The summed E-state index contributed by atoms with van der Waals surface area (Å²) in [5.41, 5.74) is 2.44. The Bertz CT molecular complexity index is 1740. The van der Waals surface area contributed by atoms with Crippen LogP contribution in [0.1, 0.15) is 206 Å². The van der Waals surface area contributed by atoms with Gasteiger partial charge in [0.25, 0.3) is 0 Å². The molecule has 0 radical (unpaired) electrons. The Labute approximate surface area is 440 Å². The molecule has 2 amide bonds. The number of hydrogen-bond donors (Lipinski definition) is 4. The first kappa shape index (κ1) is 61.9. The molecule has 1 aromatic rings. The molecule has 0 spiro atoms. The number of rotatable bonds is 42. The van der Waals surface area contributed by atoms with Crippen LogP contribution in [0.5, 0.6) is 11.5 Å². The Kier molecular flexibility index (Phi) is 31.5. The second kappa shape index (κ2) is 37.1. The van der Waals surface area contributed by atoms with Gasteiger partial charge in [-0.1, -0.05) is 160 Å². The Hall–Kier alpha value is -3.69. The van der Waals surface area contributed by atoms with E-state index < -0.39 is 29.9 Å². The van der Waals surface area contributed by atoms with Crippen molar-refractivity contribution in [1.29, 1.82) is 0 Å². The van der Waals surface area contributed by atoms with Crippen LogP contribution in [0, 0.1) is 17.8 Å². The quantitative estimate of drug-likeness (QED) is 0.0278. The van der Waals surface area contributed by atoms with Gasteiger partial charge in [-0.15, -0.1) is 6.58 Å². The largest absolute Gasteiger partial charge is 0.459 e. The zero-order valence-electron chi connectivity index (χ0n) is 45.6. The van der Waals surface area contributed by atoms with Gasteiger partial charge in [0, 0.05) is 44.2 Å². The highest BCUT2D eigenvalue weighted by atomic mass is 16.7. The number of unbranched alkanes of at least 4 members (excludes halogenated alkanes) is 20. The number of nitrogens with one attached hydrogen (secondary N) is 1. The van der Waals surface area contributed by atoms with Gasteiger partial charge in [-0.2, -0.15) is 0 Å². The number of nitrogens with zero attached hydrogens (tertiary/aromatic N) is 2. The van der Waals surface area contributed by atoms with Crippen LogP contribution in [0.4, 0.5) is 9.59 Å². The van der Waals surface area contributed by atoms with Gasteiger partial charge in [0.05, 0.1) is 44.7 Å². The van der Waals surface area contributed by atoms with Gasteiger partial charge < -0.3 is 49.2 Å². The fourth-order valence-corrected chi connectivity index (χ4v) is 11.3. The third-order valence-electron chi connectivity index (χ3n) is 15.0. The van der Waals surface area contributed by atoms with Gasteiger partial charge in [0.1, 0.15) is 24.1 Å². The zero-order valence-corrected chi connectivity index (χ0v) is 45.6. The van der Waals surface area contributed by atoms with Crippen LogP contribution in [0.15, 0.2) is 47.7 Å². The van der Waals surface area contributed by atoms with E-state index >= 15 is 0 Å². The summed E-state index contributed by atoms with van der Waals surface area (Å²) < 4.78 is 32.4. The van der Waals surface area contributed by atoms with Crippen molar-refractivity contribution < 1.29 is 53.4 Å². The van der Waals surface area contributed by atoms with Crippen LogP contribution in [-0.2, 0) is 19.0 Å².